The van der Waals surface area contributed by atoms with Crippen LogP contribution in [0.4, 0.5) is 11.6 Å². The Labute approximate surface area is 183 Å². The first-order valence-electron chi connectivity index (χ1n) is 11.3. The van der Waals surface area contributed by atoms with E-state index in [1.807, 2.05) is 6.20 Å². The van der Waals surface area contributed by atoms with E-state index >= 15 is 0 Å². The molecule has 0 saturated heterocycles. The van der Waals surface area contributed by atoms with Crippen LogP contribution in [-0.2, 0) is 13.0 Å². The highest BCUT2D eigenvalue weighted by molar-refractivity contribution is 5.80. The molecule has 0 atom stereocenters. The molecule has 3 aromatic rings. The number of nitrogens with one attached hydrogen (secondary N) is 1. The SMILES string of the molecule is COc1cc2c(cc1Nc1ncc3ccc(C4CCC(N)CC4)cc3n1)CN(C)CC2. The first-order valence-corrected chi connectivity index (χ1v) is 11.3. The molecule has 0 amide bonds. The Balaban J connectivity index is 1.43. The van der Waals surface area contributed by atoms with Gasteiger partial charge in [0, 0.05) is 30.7 Å². The number of rotatable bonds is 4. The Bertz CT molecular complexity index is 1090. The van der Waals surface area contributed by atoms with Gasteiger partial charge in [-0.25, -0.2) is 9.97 Å². The van der Waals surface area contributed by atoms with Gasteiger partial charge < -0.3 is 20.7 Å². The molecule has 5 rings (SSSR count). The Hall–Kier alpha value is -2.70. The lowest BCUT2D eigenvalue weighted by Crippen LogP contribution is -2.26. The number of methoxy groups -OCH3 is 1. The third kappa shape index (κ3) is 4.23. The summed E-state index contributed by atoms with van der Waals surface area (Å²) in [5.74, 6) is 2.00. The van der Waals surface area contributed by atoms with E-state index in [2.05, 4.69) is 52.6 Å². The lowest BCUT2D eigenvalue weighted by molar-refractivity contribution is 0.312. The second-order valence-electron chi connectivity index (χ2n) is 9.06. The van der Waals surface area contributed by atoms with Crippen LogP contribution in [-0.4, -0.2) is 41.6 Å². The summed E-state index contributed by atoms with van der Waals surface area (Å²) in [5, 5.41) is 4.46. The zero-order valence-electron chi connectivity index (χ0n) is 18.4. The smallest absolute Gasteiger partial charge is 0.227 e. The van der Waals surface area contributed by atoms with Crippen molar-refractivity contribution in [2.24, 2.45) is 5.73 Å². The zero-order valence-corrected chi connectivity index (χ0v) is 18.4. The van der Waals surface area contributed by atoms with Gasteiger partial charge in [-0.05, 0) is 80.0 Å². The lowest BCUT2D eigenvalue weighted by Gasteiger charge is -2.26. The quantitative estimate of drug-likeness (QED) is 0.657. The molecule has 0 radical (unpaired) electrons. The van der Waals surface area contributed by atoms with Gasteiger partial charge in [0.2, 0.25) is 5.95 Å². The molecule has 0 spiro atoms. The van der Waals surface area contributed by atoms with Crippen LogP contribution in [0.5, 0.6) is 5.75 Å². The first-order chi connectivity index (χ1) is 15.1. The summed E-state index contributed by atoms with van der Waals surface area (Å²) >= 11 is 0. The Morgan fingerprint density at radius 1 is 1.10 bits per heavy atom. The van der Waals surface area contributed by atoms with Crippen LogP contribution < -0.4 is 15.8 Å². The highest BCUT2D eigenvalue weighted by Crippen LogP contribution is 2.35. The van der Waals surface area contributed by atoms with Crippen LogP contribution in [0.25, 0.3) is 10.9 Å². The van der Waals surface area contributed by atoms with Gasteiger partial charge in [0.1, 0.15) is 5.75 Å². The van der Waals surface area contributed by atoms with Crippen molar-refractivity contribution in [1.29, 1.82) is 0 Å². The van der Waals surface area contributed by atoms with Gasteiger partial charge in [0.15, 0.2) is 0 Å². The highest BCUT2D eigenvalue weighted by Gasteiger charge is 2.21. The van der Waals surface area contributed by atoms with Crippen molar-refractivity contribution >= 4 is 22.5 Å². The number of fused-ring (bicyclic) bond motifs is 2. The average molecular weight is 418 g/mol. The molecule has 6 heteroatoms. The Kier molecular flexibility index (Phi) is 5.50. The van der Waals surface area contributed by atoms with Gasteiger partial charge in [0.05, 0.1) is 18.3 Å². The van der Waals surface area contributed by atoms with Crippen molar-refractivity contribution < 1.29 is 4.74 Å². The molecule has 0 unspecified atom stereocenters. The molecule has 0 bridgehead atoms. The highest BCUT2D eigenvalue weighted by atomic mass is 16.5. The van der Waals surface area contributed by atoms with E-state index in [0.29, 0.717) is 17.9 Å². The average Bonchev–Trinajstić information content (AvgIpc) is 2.78. The normalized spacial score (nSPS) is 21.6. The topological polar surface area (TPSA) is 76.3 Å². The maximum absolute atomic E-state index is 6.09. The van der Waals surface area contributed by atoms with Gasteiger partial charge in [-0.3, -0.25) is 0 Å². The summed E-state index contributed by atoms with van der Waals surface area (Å²) in [4.78, 5) is 11.7. The molecule has 31 heavy (non-hydrogen) atoms. The number of aromatic nitrogens is 2. The fourth-order valence-corrected chi connectivity index (χ4v) is 4.92. The van der Waals surface area contributed by atoms with Crippen LogP contribution in [0, 0.1) is 0 Å². The lowest BCUT2D eigenvalue weighted by atomic mass is 9.82. The summed E-state index contributed by atoms with van der Waals surface area (Å²) < 4.78 is 5.66. The summed E-state index contributed by atoms with van der Waals surface area (Å²) in [7, 11) is 3.87. The minimum atomic E-state index is 0.362. The monoisotopic (exact) mass is 417 g/mol. The third-order valence-electron chi connectivity index (χ3n) is 6.82. The van der Waals surface area contributed by atoms with Gasteiger partial charge in [0.25, 0.3) is 0 Å². The van der Waals surface area contributed by atoms with Gasteiger partial charge in [-0.1, -0.05) is 12.1 Å². The number of likely N-dealkylation sites (N-methyl/N-ethyl adjacent to an activating group) is 1. The van der Waals surface area contributed by atoms with Crippen molar-refractivity contribution in [3.8, 4) is 5.75 Å². The molecule has 1 aliphatic heterocycles. The standard InChI is InChI=1S/C25H31N5O/c1-30-10-9-18-13-24(31-2)23(12-20(18)15-30)29-25-27-14-19-4-3-17(11-22(19)28-25)16-5-7-21(26)8-6-16/h3-4,11-14,16,21H,5-10,15,26H2,1-2H3,(H,27,28,29). The molecule has 2 heterocycles. The van der Waals surface area contributed by atoms with E-state index in [-0.39, 0.29) is 0 Å². The molecule has 6 nitrogen and oxygen atoms in total. The van der Waals surface area contributed by atoms with E-state index in [1.165, 1.54) is 16.7 Å². The number of hydrogen-bond acceptors (Lipinski definition) is 6. The van der Waals surface area contributed by atoms with E-state index in [1.54, 1.807) is 7.11 Å². The molecule has 3 N–H and O–H groups in total. The van der Waals surface area contributed by atoms with Gasteiger partial charge >= 0.3 is 0 Å². The minimum Gasteiger partial charge on any atom is -0.495 e. The molecule has 1 aromatic heterocycles. The van der Waals surface area contributed by atoms with Gasteiger partial charge in [-0.2, -0.15) is 0 Å². The number of anilines is 2. The molecule has 2 aliphatic rings. The maximum atomic E-state index is 6.09. The number of benzene rings is 2. The van der Waals surface area contributed by atoms with Crippen molar-refractivity contribution in [2.45, 2.75) is 50.6 Å². The van der Waals surface area contributed by atoms with Crippen molar-refractivity contribution in [3.05, 3.63) is 53.2 Å². The van der Waals surface area contributed by atoms with E-state index in [4.69, 9.17) is 15.5 Å². The van der Waals surface area contributed by atoms with Crippen molar-refractivity contribution in [3.63, 3.8) is 0 Å². The Morgan fingerprint density at radius 2 is 1.94 bits per heavy atom. The number of ether oxygens (including phenoxy) is 1. The summed E-state index contributed by atoms with van der Waals surface area (Å²) in [6, 6.07) is 11.3. The first kappa shape index (κ1) is 20.2. The zero-order chi connectivity index (χ0) is 21.4. The predicted octanol–water partition coefficient (Wildman–Crippen LogP) is 4.35. The van der Waals surface area contributed by atoms with Crippen LogP contribution in [0.3, 0.4) is 0 Å². The number of hydrogen-bond donors (Lipinski definition) is 2. The van der Waals surface area contributed by atoms with E-state index < -0.39 is 0 Å². The van der Waals surface area contributed by atoms with Crippen LogP contribution in [0.1, 0.15) is 48.3 Å². The third-order valence-corrected chi connectivity index (χ3v) is 6.82. The molecule has 162 valence electrons. The number of nitrogens with two attached hydrogens (primary N) is 1. The van der Waals surface area contributed by atoms with Crippen molar-refractivity contribution in [2.75, 3.05) is 26.0 Å². The molecule has 1 aliphatic carbocycles. The maximum Gasteiger partial charge on any atom is 0.227 e. The number of nitrogens with zero attached hydrogens (tertiary/aromatic N) is 3. The largest absolute Gasteiger partial charge is 0.495 e. The predicted molar refractivity (Wildman–Crippen MR) is 125 cm³/mol. The second-order valence-corrected chi connectivity index (χ2v) is 9.06. The fraction of sp³-hybridized carbons (Fsp3) is 0.440. The summed E-state index contributed by atoms with van der Waals surface area (Å²) in [5.41, 5.74) is 12.0. The van der Waals surface area contributed by atoms with E-state index in [9.17, 15) is 0 Å². The van der Waals surface area contributed by atoms with Crippen LogP contribution in [0.15, 0.2) is 36.5 Å². The molecular weight excluding hydrogens is 386 g/mol. The summed E-state index contributed by atoms with van der Waals surface area (Å²) in [6.45, 7) is 2.02. The van der Waals surface area contributed by atoms with Crippen molar-refractivity contribution in [1.82, 2.24) is 14.9 Å². The van der Waals surface area contributed by atoms with E-state index in [0.717, 1.165) is 67.5 Å². The van der Waals surface area contributed by atoms with Crippen LogP contribution in [0.2, 0.25) is 0 Å². The minimum absolute atomic E-state index is 0.362. The molecule has 1 saturated carbocycles. The summed E-state index contributed by atoms with van der Waals surface area (Å²) in [6.07, 6.45) is 7.46. The second kappa shape index (κ2) is 8.44. The molecular formula is C25H31N5O. The van der Waals surface area contributed by atoms with Gasteiger partial charge in [-0.15, -0.1) is 0 Å². The fourth-order valence-electron chi connectivity index (χ4n) is 4.92. The molecule has 2 aromatic carbocycles. The molecule has 1 fully saturated rings. The van der Waals surface area contributed by atoms with Crippen LogP contribution >= 0.6 is 0 Å². The Morgan fingerprint density at radius 3 is 2.74 bits per heavy atom.